The van der Waals surface area contributed by atoms with Gasteiger partial charge >= 0.3 is 0 Å². The number of benzene rings is 1. The van der Waals surface area contributed by atoms with E-state index in [1.165, 1.54) is 0 Å². The van der Waals surface area contributed by atoms with Gasteiger partial charge in [-0.25, -0.2) is 8.78 Å². The molecule has 1 atom stereocenters. The van der Waals surface area contributed by atoms with E-state index >= 15 is 0 Å². The highest BCUT2D eigenvalue weighted by Crippen LogP contribution is 2.36. The van der Waals surface area contributed by atoms with Gasteiger partial charge < -0.3 is 14.8 Å². The van der Waals surface area contributed by atoms with E-state index in [9.17, 15) is 18.4 Å². The molecule has 1 heterocycles. The molecule has 1 aromatic carbocycles. The molecule has 1 saturated carbocycles. The molecule has 164 valence electrons. The molecule has 0 aliphatic heterocycles. The molecule has 8 heteroatoms. The molecule has 1 aliphatic rings. The summed E-state index contributed by atoms with van der Waals surface area (Å²) in [7, 11) is 1.74. The zero-order valence-electron chi connectivity index (χ0n) is 17.6. The number of carbonyl (C=O) groups is 2. The predicted molar refractivity (Wildman–Crippen MR) is 114 cm³/mol. The van der Waals surface area contributed by atoms with Gasteiger partial charge in [0.2, 0.25) is 11.8 Å². The molecule has 0 spiro atoms. The maximum atomic E-state index is 13.6. The largest absolute Gasteiger partial charge is 0.352 e. The van der Waals surface area contributed by atoms with Crippen LogP contribution in [0.4, 0.5) is 8.78 Å². The number of halogens is 3. The molecule has 0 saturated heterocycles. The first-order valence-electron chi connectivity index (χ1n) is 10.3. The van der Waals surface area contributed by atoms with Crippen molar-refractivity contribution in [3.8, 4) is 0 Å². The maximum Gasteiger partial charge on any atom is 0.253 e. The fourth-order valence-corrected chi connectivity index (χ4v) is 4.21. The Hall–Kier alpha value is -2.15. The summed E-state index contributed by atoms with van der Waals surface area (Å²) in [6.07, 6.45) is 2.47. The third kappa shape index (κ3) is 4.94. The first kappa shape index (κ1) is 22.5. The summed E-state index contributed by atoms with van der Waals surface area (Å²) in [6, 6.07) is 5.32. The number of hydrogen-bond donors (Lipinski definition) is 1. The van der Waals surface area contributed by atoms with Gasteiger partial charge in [-0.2, -0.15) is 0 Å². The fourth-order valence-electron chi connectivity index (χ4n) is 3.94. The van der Waals surface area contributed by atoms with Gasteiger partial charge in [-0.05, 0) is 44.7 Å². The van der Waals surface area contributed by atoms with Crippen molar-refractivity contribution >= 4 is 34.3 Å². The second kappa shape index (κ2) is 8.92. The Labute approximate surface area is 180 Å². The van der Waals surface area contributed by atoms with E-state index in [4.69, 9.17) is 11.6 Å². The first-order valence-corrected chi connectivity index (χ1v) is 10.7. The number of hydrogen-bond acceptors (Lipinski definition) is 2. The van der Waals surface area contributed by atoms with Crippen LogP contribution >= 0.6 is 11.6 Å². The second-order valence-corrected chi connectivity index (χ2v) is 8.84. The standard InChI is InChI=1S/C22H28ClF2N3O2/c1-14(2)27(3)19(29)13-28-12-16(20-17(23)7-4-8-18(20)28)21(30)26-11-15-6-5-9-22(24,25)10-15/h4,7-8,12,14-15H,5-6,9-11,13H2,1-3H3,(H,26,30). The molecule has 5 nitrogen and oxygen atoms in total. The van der Waals surface area contributed by atoms with Crippen molar-refractivity contribution < 1.29 is 18.4 Å². The smallest absolute Gasteiger partial charge is 0.253 e. The van der Waals surface area contributed by atoms with E-state index in [-0.39, 0.29) is 49.7 Å². The molecule has 1 aromatic heterocycles. The lowest BCUT2D eigenvalue weighted by molar-refractivity contribution is -0.131. The van der Waals surface area contributed by atoms with Crippen LogP contribution in [0.3, 0.4) is 0 Å². The zero-order chi connectivity index (χ0) is 22.1. The number of nitrogens with zero attached hydrogens (tertiary/aromatic N) is 2. The Morgan fingerprint density at radius 1 is 1.37 bits per heavy atom. The van der Waals surface area contributed by atoms with Crippen molar-refractivity contribution in [1.82, 2.24) is 14.8 Å². The molecule has 30 heavy (non-hydrogen) atoms. The highest BCUT2D eigenvalue weighted by molar-refractivity contribution is 6.36. The summed E-state index contributed by atoms with van der Waals surface area (Å²) >= 11 is 6.37. The average Bonchev–Trinajstić information content (AvgIpc) is 3.04. The van der Waals surface area contributed by atoms with Crippen LogP contribution in [0, 0.1) is 5.92 Å². The minimum atomic E-state index is -2.66. The van der Waals surface area contributed by atoms with Crippen LogP contribution in [0.1, 0.15) is 49.9 Å². The number of rotatable bonds is 6. The van der Waals surface area contributed by atoms with E-state index in [1.54, 1.807) is 34.8 Å². The van der Waals surface area contributed by atoms with Gasteiger partial charge in [0.25, 0.3) is 5.91 Å². The van der Waals surface area contributed by atoms with Crippen LogP contribution in [-0.4, -0.2) is 46.8 Å². The molecule has 1 fully saturated rings. The van der Waals surface area contributed by atoms with Crippen molar-refractivity contribution in [3.05, 3.63) is 35.0 Å². The van der Waals surface area contributed by atoms with Gasteiger partial charge in [0.15, 0.2) is 0 Å². The van der Waals surface area contributed by atoms with Gasteiger partial charge in [0.1, 0.15) is 6.54 Å². The summed E-state index contributed by atoms with van der Waals surface area (Å²) in [5.41, 5.74) is 1.03. The number of likely N-dealkylation sites (N-methyl/N-ethyl adjacent to an activating group) is 1. The van der Waals surface area contributed by atoms with E-state index in [2.05, 4.69) is 5.32 Å². The lowest BCUT2D eigenvalue weighted by atomic mass is 9.86. The SMILES string of the molecule is CC(C)N(C)C(=O)Cn1cc(C(=O)NCC2CCCC(F)(F)C2)c2c(Cl)cccc21. The van der Waals surface area contributed by atoms with E-state index in [0.29, 0.717) is 34.3 Å². The third-order valence-corrected chi connectivity index (χ3v) is 6.18. The van der Waals surface area contributed by atoms with Crippen molar-refractivity contribution in [3.63, 3.8) is 0 Å². The highest BCUT2D eigenvalue weighted by atomic mass is 35.5. The van der Waals surface area contributed by atoms with E-state index in [0.717, 1.165) is 0 Å². The van der Waals surface area contributed by atoms with Crippen molar-refractivity contribution in [1.29, 1.82) is 0 Å². The van der Waals surface area contributed by atoms with Gasteiger partial charge in [0, 0.05) is 44.1 Å². The van der Waals surface area contributed by atoms with Gasteiger partial charge in [-0.1, -0.05) is 17.7 Å². The van der Waals surface area contributed by atoms with E-state index in [1.807, 2.05) is 19.9 Å². The number of aromatic nitrogens is 1. The summed E-state index contributed by atoms with van der Waals surface area (Å²) in [5.74, 6) is -3.36. The predicted octanol–water partition coefficient (Wildman–Crippen LogP) is 4.72. The number of amides is 2. The quantitative estimate of drug-likeness (QED) is 0.708. The summed E-state index contributed by atoms with van der Waals surface area (Å²) in [4.78, 5) is 27.1. The fraction of sp³-hybridized carbons (Fsp3) is 0.545. The van der Waals surface area contributed by atoms with Crippen LogP contribution in [0.5, 0.6) is 0 Å². The number of alkyl halides is 2. The molecule has 2 aromatic rings. The zero-order valence-corrected chi connectivity index (χ0v) is 18.3. The Morgan fingerprint density at radius 2 is 2.10 bits per heavy atom. The maximum absolute atomic E-state index is 13.6. The average molecular weight is 440 g/mol. The van der Waals surface area contributed by atoms with E-state index < -0.39 is 5.92 Å². The molecule has 1 N–H and O–H groups in total. The minimum Gasteiger partial charge on any atom is -0.352 e. The monoisotopic (exact) mass is 439 g/mol. The Kier molecular flexibility index (Phi) is 6.70. The van der Waals surface area contributed by atoms with Crippen LogP contribution in [0.2, 0.25) is 5.02 Å². The van der Waals surface area contributed by atoms with Crippen LogP contribution in [-0.2, 0) is 11.3 Å². The molecule has 0 radical (unpaired) electrons. The summed E-state index contributed by atoms with van der Waals surface area (Å²) in [6.45, 7) is 4.13. The second-order valence-electron chi connectivity index (χ2n) is 8.43. The molecule has 2 amide bonds. The van der Waals surface area contributed by atoms with Gasteiger partial charge in [0.05, 0.1) is 16.1 Å². The normalized spacial score (nSPS) is 18.6. The molecule has 0 bridgehead atoms. The van der Waals surface area contributed by atoms with Gasteiger partial charge in [-0.15, -0.1) is 0 Å². The van der Waals surface area contributed by atoms with Crippen molar-refractivity contribution in [2.24, 2.45) is 5.92 Å². The van der Waals surface area contributed by atoms with Crippen molar-refractivity contribution in [2.45, 2.75) is 58.0 Å². The van der Waals surface area contributed by atoms with Crippen LogP contribution in [0.25, 0.3) is 10.9 Å². The highest BCUT2D eigenvalue weighted by Gasteiger charge is 2.36. The van der Waals surface area contributed by atoms with Gasteiger partial charge in [-0.3, -0.25) is 9.59 Å². The molecule has 1 unspecified atom stereocenters. The third-order valence-electron chi connectivity index (χ3n) is 5.87. The Balaban J connectivity index is 1.81. The lowest BCUT2D eigenvalue weighted by Crippen LogP contribution is -2.35. The Morgan fingerprint density at radius 3 is 2.77 bits per heavy atom. The summed E-state index contributed by atoms with van der Waals surface area (Å²) < 4.78 is 29.0. The molecule has 3 rings (SSSR count). The molecular weight excluding hydrogens is 412 g/mol. The number of carbonyl (C=O) groups excluding carboxylic acids is 2. The van der Waals surface area contributed by atoms with Crippen molar-refractivity contribution in [2.75, 3.05) is 13.6 Å². The molecule has 1 aliphatic carbocycles. The minimum absolute atomic E-state index is 0.0549. The molecular formula is C22H28ClF2N3O2. The van der Waals surface area contributed by atoms with Crippen LogP contribution < -0.4 is 5.32 Å². The first-order chi connectivity index (χ1) is 14.1. The summed E-state index contributed by atoms with van der Waals surface area (Å²) in [5, 5.41) is 3.76. The number of fused-ring (bicyclic) bond motifs is 1. The number of nitrogens with one attached hydrogen (secondary N) is 1. The lowest BCUT2D eigenvalue weighted by Gasteiger charge is -2.28. The topological polar surface area (TPSA) is 54.3 Å². The Bertz CT molecular complexity index is 942. The van der Waals surface area contributed by atoms with Crippen LogP contribution in [0.15, 0.2) is 24.4 Å².